The van der Waals surface area contributed by atoms with E-state index in [2.05, 4.69) is 16.4 Å². The number of aryl methyl sites for hydroxylation is 1. The third-order valence-corrected chi connectivity index (χ3v) is 2.89. The Morgan fingerprint density at radius 3 is 2.72 bits per heavy atom. The number of para-hydroxylation sites is 1. The number of aromatic nitrogens is 1. The van der Waals surface area contributed by atoms with E-state index in [1.165, 1.54) is 0 Å². The number of rotatable bonds is 3. The number of nitrogens with zero attached hydrogens (tertiary/aromatic N) is 2. The van der Waals surface area contributed by atoms with Crippen LogP contribution in [0.15, 0.2) is 42.6 Å². The lowest BCUT2D eigenvalue weighted by atomic mass is 10.1. The van der Waals surface area contributed by atoms with Gasteiger partial charge in [-0.05, 0) is 37.6 Å². The minimum absolute atomic E-state index is 0.0689. The van der Waals surface area contributed by atoms with E-state index in [9.17, 15) is 0 Å². The molecule has 0 aliphatic rings. The van der Waals surface area contributed by atoms with Crippen molar-refractivity contribution in [1.29, 1.82) is 5.26 Å². The van der Waals surface area contributed by atoms with Gasteiger partial charge in [-0.3, -0.25) is 4.98 Å². The van der Waals surface area contributed by atoms with Crippen molar-refractivity contribution in [2.45, 2.75) is 19.9 Å². The number of hydrogen-bond acceptors (Lipinski definition) is 3. The standard InChI is InChI=1S/C15H15N3/c1-11-6-5-7-13(10-16)15(11)18-12(2)14-8-3-4-9-17-14/h3-9,12,18H,1-2H3. The molecule has 1 atom stereocenters. The summed E-state index contributed by atoms with van der Waals surface area (Å²) in [7, 11) is 0. The van der Waals surface area contributed by atoms with Crippen LogP contribution in [0.5, 0.6) is 0 Å². The number of pyridine rings is 1. The molecule has 0 bridgehead atoms. The summed E-state index contributed by atoms with van der Waals surface area (Å²) in [5.74, 6) is 0. The maximum Gasteiger partial charge on any atom is 0.101 e. The molecule has 3 nitrogen and oxygen atoms in total. The van der Waals surface area contributed by atoms with Gasteiger partial charge in [-0.15, -0.1) is 0 Å². The lowest BCUT2D eigenvalue weighted by Gasteiger charge is -2.17. The van der Waals surface area contributed by atoms with Crippen molar-refractivity contribution in [3.63, 3.8) is 0 Å². The first-order valence-corrected chi connectivity index (χ1v) is 5.89. The average molecular weight is 237 g/mol. The quantitative estimate of drug-likeness (QED) is 0.889. The molecule has 0 aliphatic heterocycles. The van der Waals surface area contributed by atoms with E-state index < -0.39 is 0 Å². The van der Waals surface area contributed by atoms with Gasteiger partial charge in [-0.2, -0.15) is 5.26 Å². The summed E-state index contributed by atoms with van der Waals surface area (Å²) in [5.41, 5.74) is 3.58. The Balaban J connectivity index is 2.28. The third-order valence-electron chi connectivity index (χ3n) is 2.89. The highest BCUT2D eigenvalue weighted by molar-refractivity contribution is 5.62. The average Bonchev–Trinajstić information content (AvgIpc) is 2.42. The van der Waals surface area contributed by atoms with Crippen LogP contribution in [-0.2, 0) is 0 Å². The Bertz CT molecular complexity index is 570. The van der Waals surface area contributed by atoms with Crippen LogP contribution in [0.1, 0.15) is 29.8 Å². The molecule has 90 valence electrons. The summed E-state index contributed by atoms with van der Waals surface area (Å²) in [5, 5.41) is 12.5. The molecule has 2 rings (SSSR count). The largest absolute Gasteiger partial charge is 0.376 e. The van der Waals surface area contributed by atoms with Crippen molar-refractivity contribution in [2.24, 2.45) is 0 Å². The zero-order valence-corrected chi connectivity index (χ0v) is 10.5. The van der Waals surface area contributed by atoms with Crippen molar-refractivity contribution >= 4 is 5.69 Å². The second kappa shape index (κ2) is 5.33. The monoisotopic (exact) mass is 237 g/mol. The molecule has 0 amide bonds. The van der Waals surface area contributed by atoms with Gasteiger partial charge in [-0.25, -0.2) is 0 Å². The first kappa shape index (κ1) is 12.1. The first-order valence-electron chi connectivity index (χ1n) is 5.89. The van der Waals surface area contributed by atoms with E-state index in [0.29, 0.717) is 5.56 Å². The first-order chi connectivity index (χ1) is 8.72. The normalized spacial score (nSPS) is 11.6. The van der Waals surface area contributed by atoms with Crippen molar-refractivity contribution in [1.82, 2.24) is 4.98 Å². The Morgan fingerprint density at radius 1 is 1.22 bits per heavy atom. The van der Waals surface area contributed by atoms with E-state index in [1.54, 1.807) is 6.20 Å². The molecule has 18 heavy (non-hydrogen) atoms. The summed E-state index contributed by atoms with van der Waals surface area (Å²) < 4.78 is 0. The Morgan fingerprint density at radius 2 is 2.06 bits per heavy atom. The van der Waals surface area contributed by atoms with Crippen LogP contribution in [0.2, 0.25) is 0 Å². The topological polar surface area (TPSA) is 48.7 Å². The second-order valence-electron chi connectivity index (χ2n) is 4.23. The number of hydrogen-bond donors (Lipinski definition) is 1. The zero-order valence-electron chi connectivity index (χ0n) is 10.5. The van der Waals surface area contributed by atoms with E-state index >= 15 is 0 Å². The summed E-state index contributed by atoms with van der Waals surface area (Å²) >= 11 is 0. The lowest BCUT2D eigenvalue weighted by molar-refractivity contribution is 0.837. The van der Waals surface area contributed by atoms with Crippen molar-refractivity contribution in [3.8, 4) is 6.07 Å². The molecule has 1 heterocycles. The fraction of sp³-hybridized carbons (Fsp3) is 0.200. The summed E-state index contributed by atoms with van der Waals surface area (Å²) in [4.78, 5) is 4.31. The molecule has 1 unspecified atom stereocenters. The SMILES string of the molecule is Cc1cccc(C#N)c1NC(C)c1ccccn1. The van der Waals surface area contributed by atoms with Crippen molar-refractivity contribution in [3.05, 3.63) is 59.4 Å². The Kier molecular flexibility index (Phi) is 3.59. The molecule has 0 radical (unpaired) electrons. The van der Waals surface area contributed by atoms with E-state index in [0.717, 1.165) is 16.9 Å². The molecule has 3 heteroatoms. The van der Waals surface area contributed by atoms with Gasteiger partial charge in [0, 0.05) is 6.20 Å². The number of nitriles is 1. The smallest absolute Gasteiger partial charge is 0.101 e. The van der Waals surface area contributed by atoms with Gasteiger partial charge in [0.1, 0.15) is 6.07 Å². The lowest BCUT2D eigenvalue weighted by Crippen LogP contribution is -2.10. The minimum Gasteiger partial charge on any atom is -0.376 e. The van der Waals surface area contributed by atoms with Gasteiger partial charge in [0.25, 0.3) is 0 Å². The molecular formula is C15H15N3. The third kappa shape index (κ3) is 2.49. The van der Waals surface area contributed by atoms with Crippen LogP contribution in [0.25, 0.3) is 0 Å². The van der Waals surface area contributed by atoms with Crippen molar-refractivity contribution in [2.75, 3.05) is 5.32 Å². The minimum atomic E-state index is 0.0689. The molecule has 1 aromatic heterocycles. The van der Waals surface area contributed by atoms with Crippen molar-refractivity contribution < 1.29 is 0 Å². The highest BCUT2D eigenvalue weighted by Gasteiger charge is 2.10. The van der Waals surface area contributed by atoms with Gasteiger partial charge >= 0.3 is 0 Å². The molecule has 0 aliphatic carbocycles. The van der Waals surface area contributed by atoms with Crippen LogP contribution in [0.3, 0.4) is 0 Å². The molecule has 0 saturated heterocycles. The fourth-order valence-corrected chi connectivity index (χ4v) is 1.88. The number of nitrogens with one attached hydrogen (secondary N) is 1. The van der Waals surface area contributed by atoms with Gasteiger partial charge in [0.2, 0.25) is 0 Å². The van der Waals surface area contributed by atoms with E-state index in [-0.39, 0.29) is 6.04 Å². The molecule has 0 spiro atoms. The van der Waals surface area contributed by atoms with Crippen LogP contribution in [0, 0.1) is 18.3 Å². The maximum absolute atomic E-state index is 9.12. The van der Waals surface area contributed by atoms with Crippen LogP contribution in [0.4, 0.5) is 5.69 Å². The van der Waals surface area contributed by atoms with Crippen LogP contribution in [-0.4, -0.2) is 4.98 Å². The second-order valence-corrected chi connectivity index (χ2v) is 4.23. The summed E-state index contributed by atoms with van der Waals surface area (Å²) in [6.45, 7) is 4.03. The maximum atomic E-state index is 9.12. The summed E-state index contributed by atoms with van der Waals surface area (Å²) in [6, 6.07) is 13.8. The number of anilines is 1. The highest BCUT2D eigenvalue weighted by Crippen LogP contribution is 2.24. The summed E-state index contributed by atoms with van der Waals surface area (Å²) in [6.07, 6.45) is 1.77. The molecular weight excluding hydrogens is 222 g/mol. The Hall–Kier alpha value is -2.34. The molecule has 2 aromatic rings. The number of benzene rings is 1. The van der Waals surface area contributed by atoms with Gasteiger partial charge in [-0.1, -0.05) is 18.2 Å². The van der Waals surface area contributed by atoms with Gasteiger partial charge in [0.15, 0.2) is 0 Å². The highest BCUT2D eigenvalue weighted by atomic mass is 14.9. The zero-order chi connectivity index (χ0) is 13.0. The molecule has 1 N–H and O–H groups in total. The molecule has 1 aromatic carbocycles. The molecule has 0 fully saturated rings. The van der Waals surface area contributed by atoms with Crippen LogP contribution < -0.4 is 5.32 Å². The van der Waals surface area contributed by atoms with Gasteiger partial charge in [0.05, 0.1) is 23.0 Å². The van der Waals surface area contributed by atoms with E-state index in [1.807, 2.05) is 50.2 Å². The van der Waals surface area contributed by atoms with Crippen LogP contribution >= 0.6 is 0 Å². The fourth-order valence-electron chi connectivity index (χ4n) is 1.88. The van der Waals surface area contributed by atoms with E-state index in [4.69, 9.17) is 5.26 Å². The predicted octanol–water partition coefficient (Wildman–Crippen LogP) is 3.43. The molecule has 0 saturated carbocycles. The predicted molar refractivity (Wildman–Crippen MR) is 72.2 cm³/mol. The Labute approximate surface area is 107 Å². The van der Waals surface area contributed by atoms with Gasteiger partial charge < -0.3 is 5.32 Å².